The van der Waals surface area contributed by atoms with Crippen LogP contribution in [0.3, 0.4) is 0 Å². The van der Waals surface area contributed by atoms with E-state index in [4.69, 9.17) is 0 Å². The van der Waals surface area contributed by atoms with Crippen LogP contribution in [0.5, 0.6) is 0 Å². The van der Waals surface area contributed by atoms with Crippen LogP contribution in [0.15, 0.2) is 48.5 Å². The van der Waals surface area contributed by atoms with Crippen molar-refractivity contribution in [2.75, 3.05) is 17.1 Å². The highest BCUT2D eigenvalue weighted by atomic mass is 32.2. The van der Waals surface area contributed by atoms with E-state index < -0.39 is 16.1 Å². The van der Waals surface area contributed by atoms with Gasteiger partial charge in [0.15, 0.2) is 0 Å². The first-order chi connectivity index (χ1) is 17.6. The van der Waals surface area contributed by atoms with Gasteiger partial charge in [0.1, 0.15) is 6.04 Å². The Balaban J connectivity index is 1.76. The Kier molecular flexibility index (Phi) is 10.1. The number of rotatable bonds is 12. The van der Waals surface area contributed by atoms with Crippen LogP contribution in [0.2, 0.25) is 0 Å². The molecule has 0 unspecified atom stereocenters. The summed E-state index contributed by atoms with van der Waals surface area (Å²) < 4.78 is 26.4. The lowest BCUT2D eigenvalue weighted by Crippen LogP contribution is -2.51. The van der Waals surface area contributed by atoms with E-state index in [1.54, 1.807) is 11.0 Å². The largest absolute Gasteiger partial charge is 0.352 e. The fraction of sp³-hybridized carbons (Fsp3) is 0.517. The van der Waals surface area contributed by atoms with Crippen molar-refractivity contribution in [1.29, 1.82) is 0 Å². The van der Waals surface area contributed by atoms with Gasteiger partial charge in [-0.15, -0.1) is 0 Å². The van der Waals surface area contributed by atoms with Crippen molar-refractivity contribution < 1.29 is 18.0 Å². The Morgan fingerprint density at radius 3 is 2.38 bits per heavy atom. The molecule has 1 N–H and O–H groups in total. The van der Waals surface area contributed by atoms with Crippen molar-refractivity contribution in [2.24, 2.45) is 0 Å². The molecular weight excluding hydrogens is 486 g/mol. The molecule has 8 heteroatoms. The zero-order valence-corrected chi connectivity index (χ0v) is 23.4. The number of sulfonamides is 1. The van der Waals surface area contributed by atoms with Crippen LogP contribution in [0.25, 0.3) is 0 Å². The molecule has 37 heavy (non-hydrogen) atoms. The minimum absolute atomic E-state index is 0.103. The van der Waals surface area contributed by atoms with Crippen molar-refractivity contribution in [1.82, 2.24) is 10.2 Å². The van der Waals surface area contributed by atoms with Gasteiger partial charge in [-0.1, -0.05) is 56.2 Å². The van der Waals surface area contributed by atoms with Gasteiger partial charge in [-0.2, -0.15) is 0 Å². The van der Waals surface area contributed by atoms with Gasteiger partial charge in [-0.25, -0.2) is 8.42 Å². The smallest absolute Gasteiger partial charge is 0.243 e. The number of benzene rings is 2. The fourth-order valence-corrected chi connectivity index (χ4v) is 6.00. The van der Waals surface area contributed by atoms with Gasteiger partial charge in [0.25, 0.3) is 0 Å². The molecule has 202 valence electrons. The maximum atomic E-state index is 13.6. The van der Waals surface area contributed by atoms with Gasteiger partial charge < -0.3 is 10.2 Å². The third-order valence-corrected chi connectivity index (χ3v) is 8.33. The second kappa shape index (κ2) is 13.1. The minimum Gasteiger partial charge on any atom is -0.352 e. The van der Waals surface area contributed by atoms with Crippen molar-refractivity contribution in [3.8, 4) is 0 Å². The zero-order valence-electron chi connectivity index (χ0n) is 22.6. The molecule has 0 spiro atoms. The van der Waals surface area contributed by atoms with E-state index >= 15 is 0 Å². The summed E-state index contributed by atoms with van der Waals surface area (Å²) in [5, 5.41) is 3.17. The van der Waals surface area contributed by atoms with Crippen LogP contribution in [0.1, 0.15) is 68.6 Å². The Morgan fingerprint density at radius 2 is 1.76 bits per heavy atom. The van der Waals surface area contributed by atoms with Crippen molar-refractivity contribution in [2.45, 2.75) is 84.3 Å². The van der Waals surface area contributed by atoms with E-state index in [0.717, 1.165) is 42.4 Å². The molecular formula is C29H41N3O4S. The lowest BCUT2D eigenvalue weighted by molar-refractivity contribution is -0.141. The van der Waals surface area contributed by atoms with Crippen molar-refractivity contribution >= 4 is 27.5 Å². The van der Waals surface area contributed by atoms with Gasteiger partial charge in [-0.3, -0.25) is 13.9 Å². The molecule has 7 nitrogen and oxygen atoms in total. The highest BCUT2D eigenvalue weighted by molar-refractivity contribution is 7.92. The van der Waals surface area contributed by atoms with Crippen LogP contribution in [-0.2, 0) is 26.2 Å². The third-order valence-electron chi connectivity index (χ3n) is 7.13. The van der Waals surface area contributed by atoms with E-state index in [2.05, 4.69) is 5.32 Å². The number of hydrogen-bond acceptors (Lipinski definition) is 4. The number of anilines is 1. The topological polar surface area (TPSA) is 86.8 Å². The molecule has 1 atom stereocenters. The van der Waals surface area contributed by atoms with E-state index in [1.165, 1.54) is 10.6 Å². The molecule has 0 saturated heterocycles. The van der Waals surface area contributed by atoms with E-state index in [-0.39, 0.29) is 30.8 Å². The normalized spacial score (nSPS) is 14.8. The van der Waals surface area contributed by atoms with E-state index in [1.807, 2.05) is 63.2 Å². The number of carbonyl (C=O) groups excluding carboxylic acids is 2. The summed E-state index contributed by atoms with van der Waals surface area (Å²) in [6, 6.07) is 14.8. The van der Waals surface area contributed by atoms with Crippen LogP contribution < -0.4 is 9.62 Å². The molecule has 0 bridgehead atoms. The van der Waals surface area contributed by atoms with Gasteiger partial charge in [-0.05, 0) is 68.4 Å². The van der Waals surface area contributed by atoms with Crippen LogP contribution in [0.4, 0.5) is 5.69 Å². The van der Waals surface area contributed by atoms with Gasteiger partial charge in [0, 0.05) is 25.6 Å². The van der Waals surface area contributed by atoms with Crippen molar-refractivity contribution in [3.05, 3.63) is 65.2 Å². The summed E-state index contributed by atoms with van der Waals surface area (Å²) in [5.41, 5.74) is 3.62. The van der Waals surface area contributed by atoms with E-state index in [0.29, 0.717) is 25.1 Å². The predicted octanol–water partition coefficient (Wildman–Crippen LogP) is 4.72. The first kappa shape index (κ1) is 28.7. The fourth-order valence-electron chi connectivity index (χ4n) is 5.05. The summed E-state index contributed by atoms with van der Waals surface area (Å²) in [4.78, 5) is 28.6. The molecule has 1 saturated carbocycles. The number of aryl methyl sites for hydroxylation is 2. The standard InChI is InChI=1S/C29H41N3O4S/c1-5-27(29(34)30-25-15-8-9-16-25)31(21-24-14-7-6-13-23(24)3)28(33)18-11-19-32(37(4,35)36)26-17-10-12-22(2)20-26/h6-7,10,12-14,17,20,25,27H,5,8-9,11,15-16,18-19,21H2,1-4H3,(H,30,34)/t27-/m1/s1. The molecule has 0 heterocycles. The SMILES string of the molecule is CC[C@H](C(=O)NC1CCCC1)N(Cc1ccccc1C)C(=O)CCCN(c1cccc(C)c1)S(C)(=O)=O. The first-order valence-electron chi connectivity index (χ1n) is 13.3. The van der Waals surface area contributed by atoms with Gasteiger partial charge >= 0.3 is 0 Å². The Hall–Kier alpha value is -2.87. The summed E-state index contributed by atoms with van der Waals surface area (Å²) in [7, 11) is -3.51. The maximum Gasteiger partial charge on any atom is 0.243 e. The Bertz CT molecular complexity index is 1180. The lowest BCUT2D eigenvalue weighted by Gasteiger charge is -2.32. The van der Waals surface area contributed by atoms with Crippen LogP contribution >= 0.6 is 0 Å². The molecule has 0 aliphatic heterocycles. The monoisotopic (exact) mass is 527 g/mol. The molecule has 1 aliphatic carbocycles. The van der Waals surface area contributed by atoms with E-state index in [9.17, 15) is 18.0 Å². The summed E-state index contributed by atoms with van der Waals surface area (Å²) >= 11 is 0. The average molecular weight is 528 g/mol. The number of hydrogen-bond donors (Lipinski definition) is 1. The number of nitrogens with one attached hydrogen (secondary N) is 1. The second-order valence-corrected chi connectivity index (χ2v) is 12.0. The summed E-state index contributed by atoms with van der Waals surface area (Å²) in [5.74, 6) is -0.247. The maximum absolute atomic E-state index is 13.6. The molecule has 1 fully saturated rings. The zero-order chi connectivity index (χ0) is 27.0. The van der Waals surface area contributed by atoms with Crippen LogP contribution in [0, 0.1) is 13.8 Å². The first-order valence-corrected chi connectivity index (χ1v) is 15.1. The summed E-state index contributed by atoms with van der Waals surface area (Å²) in [6.45, 7) is 6.38. The average Bonchev–Trinajstić information content (AvgIpc) is 3.35. The highest BCUT2D eigenvalue weighted by Crippen LogP contribution is 2.22. The third kappa shape index (κ3) is 8.06. The number of amides is 2. The van der Waals surface area contributed by atoms with Crippen LogP contribution in [-0.4, -0.2) is 50.0 Å². The molecule has 3 rings (SSSR count). The Morgan fingerprint density at radius 1 is 1.05 bits per heavy atom. The van der Waals surface area contributed by atoms with Gasteiger partial charge in [0.05, 0.1) is 11.9 Å². The lowest BCUT2D eigenvalue weighted by atomic mass is 10.0. The minimum atomic E-state index is -3.51. The van der Waals surface area contributed by atoms with Gasteiger partial charge in [0.2, 0.25) is 21.8 Å². The molecule has 2 aromatic carbocycles. The van der Waals surface area contributed by atoms with Crippen molar-refractivity contribution in [3.63, 3.8) is 0 Å². The number of nitrogens with zero attached hydrogens (tertiary/aromatic N) is 2. The Labute approximate surface area is 222 Å². The molecule has 2 amide bonds. The highest BCUT2D eigenvalue weighted by Gasteiger charge is 2.31. The summed E-state index contributed by atoms with van der Waals surface area (Å²) in [6.07, 6.45) is 6.39. The predicted molar refractivity (Wildman–Crippen MR) is 149 cm³/mol. The molecule has 2 aromatic rings. The second-order valence-electron chi connectivity index (χ2n) is 10.1. The quantitative estimate of drug-likeness (QED) is 0.433. The number of carbonyl (C=O) groups is 2. The molecule has 0 aromatic heterocycles. The molecule has 0 radical (unpaired) electrons. The molecule has 1 aliphatic rings.